The number of nitrogens with one attached hydrogen (secondary N) is 1. The lowest BCUT2D eigenvalue weighted by molar-refractivity contribution is -0.113. The molecule has 2 heterocycles. The van der Waals surface area contributed by atoms with Gasteiger partial charge < -0.3 is 14.8 Å². The van der Waals surface area contributed by atoms with Crippen molar-refractivity contribution >= 4 is 23.4 Å². The van der Waals surface area contributed by atoms with Crippen LogP contribution in [0.4, 0.5) is 5.69 Å². The summed E-state index contributed by atoms with van der Waals surface area (Å²) in [5.41, 5.74) is 4.50. The Hall–Kier alpha value is -2.90. The van der Waals surface area contributed by atoms with Crippen LogP contribution in [0.25, 0.3) is 11.4 Å². The molecule has 4 rings (SSSR count). The van der Waals surface area contributed by atoms with Gasteiger partial charge in [0.05, 0.1) is 30.8 Å². The van der Waals surface area contributed by atoms with Crippen LogP contribution < -0.4 is 10.1 Å². The Bertz CT molecular complexity index is 1110. The molecule has 1 N–H and O–H groups in total. The van der Waals surface area contributed by atoms with E-state index in [1.807, 2.05) is 55.5 Å². The Balaban J connectivity index is 1.58. The average Bonchev–Trinajstić information content (AvgIpc) is 2.78. The van der Waals surface area contributed by atoms with Crippen molar-refractivity contribution in [1.82, 2.24) is 9.97 Å². The third kappa shape index (κ3) is 5.29. The largest absolute Gasteiger partial charge is 0.497 e. The van der Waals surface area contributed by atoms with Crippen LogP contribution in [0.2, 0.25) is 0 Å². The first-order valence-electron chi connectivity index (χ1n) is 10.5. The van der Waals surface area contributed by atoms with Gasteiger partial charge in [-0.2, -0.15) is 0 Å². The molecule has 166 valence electrons. The predicted molar refractivity (Wildman–Crippen MR) is 127 cm³/mol. The van der Waals surface area contributed by atoms with Gasteiger partial charge in [0.2, 0.25) is 5.91 Å². The summed E-state index contributed by atoms with van der Waals surface area (Å²) in [7, 11) is 1.64. The molecule has 0 saturated carbocycles. The summed E-state index contributed by atoms with van der Waals surface area (Å²) in [6.07, 6.45) is 0.692. The monoisotopic (exact) mass is 449 g/mol. The Morgan fingerprint density at radius 2 is 1.84 bits per heavy atom. The van der Waals surface area contributed by atoms with Crippen LogP contribution in [-0.4, -0.2) is 34.3 Å². The molecule has 1 aliphatic heterocycles. The first kappa shape index (κ1) is 22.3. The van der Waals surface area contributed by atoms with Gasteiger partial charge in [-0.3, -0.25) is 4.79 Å². The summed E-state index contributed by atoms with van der Waals surface area (Å²) in [5.74, 6) is 1.60. The molecule has 2 aromatic carbocycles. The molecule has 0 bridgehead atoms. The van der Waals surface area contributed by atoms with Crippen molar-refractivity contribution in [2.75, 3.05) is 18.2 Å². The van der Waals surface area contributed by atoms with Gasteiger partial charge in [-0.1, -0.05) is 29.5 Å². The molecule has 0 fully saturated rings. The molecule has 1 aromatic heterocycles. The second kappa shape index (κ2) is 9.30. The van der Waals surface area contributed by atoms with Crippen molar-refractivity contribution in [3.8, 4) is 17.1 Å². The number of methoxy groups -OCH3 is 1. The fourth-order valence-electron chi connectivity index (χ4n) is 3.48. The van der Waals surface area contributed by atoms with Gasteiger partial charge in [0.15, 0.2) is 5.82 Å². The lowest BCUT2D eigenvalue weighted by Crippen LogP contribution is -2.33. The van der Waals surface area contributed by atoms with Gasteiger partial charge in [-0.15, -0.1) is 0 Å². The van der Waals surface area contributed by atoms with Crippen LogP contribution in [0.5, 0.6) is 5.75 Å². The van der Waals surface area contributed by atoms with E-state index < -0.39 is 0 Å². The van der Waals surface area contributed by atoms with E-state index in [2.05, 4.69) is 19.2 Å². The highest BCUT2D eigenvalue weighted by molar-refractivity contribution is 8.00. The molecule has 0 unspecified atom stereocenters. The zero-order valence-electron chi connectivity index (χ0n) is 18.8. The van der Waals surface area contributed by atoms with Gasteiger partial charge in [0.25, 0.3) is 0 Å². The third-order valence-electron chi connectivity index (χ3n) is 5.28. The highest BCUT2D eigenvalue weighted by Crippen LogP contribution is 2.34. The molecule has 0 aliphatic carbocycles. The maximum Gasteiger partial charge on any atom is 0.234 e. The number of ether oxygens (including phenoxy) is 2. The first-order valence-corrected chi connectivity index (χ1v) is 11.5. The smallest absolute Gasteiger partial charge is 0.234 e. The number of amides is 1. The van der Waals surface area contributed by atoms with Crippen LogP contribution in [0.15, 0.2) is 53.6 Å². The van der Waals surface area contributed by atoms with Crippen LogP contribution in [-0.2, 0) is 22.6 Å². The zero-order valence-corrected chi connectivity index (χ0v) is 19.6. The normalized spacial score (nSPS) is 14.5. The molecule has 0 radical (unpaired) electrons. The number of aromatic nitrogens is 2. The van der Waals surface area contributed by atoms with E-state index in [1.54, 1.807) is 7.11 Å². The number of benzene rings is 2. The Morgan fingerprint density at radius 1 is 1.12 bits per heavy atom. The summed E-state index contributed by atoms with van der Waals surface area (Å²) in [6.45, 7) is 6.58. The fourth-order valence-corrected chi connectivity index (χ4v) is 4.32. The topological polar surface area (TPSA) is 73.3 Å². The third-order valence-corrected chi connectivity index (χ3v) is 6.30. The SMILES string of the molecule is COc1ccc(-c2nc3c(c(SCC(=O)Nc4ccc(C)cc4)n2)COC(C)(C)C3)cc1. The fraction of sp³-hybridized carbons (Fsp3) is 0.320. The lowest BCUT2D eigenvalue weighted by Gasteiger charge is -2.32. The number of rotatable bonds is 6. The number of fused-ring (bicyclic) bond motifs is 1. The maximum absolute atomic E-state index is 12.5. The molecule has 1 amide bonds. The quantitative estimate of drug-likeness (QED) is 0.420. The van der Waals surface area contributed by atoms with Crippen molar-refractivity contribution in [2.24, 2.45) is 0 Å². The number of aryl methyl sites for hydroxylation is 1. The molecule has 6 nitrogen and oxygen atoms in total. The summed E-state index contributed by atoms with van der Waals surface area (Å²) in [5, 5.41) is 3.73. The van der Waals surface area contributed by atoms with Gasteiger partial charge in [0, 0.05) is 23.2 Å². The van der Waals surface area contributed by atoms with Gasteiger partial charge in [-0.25, -0.2) is 9.97 Å². The van der Waals surface area contributed by atoms with Crippen LogP contribution >= 0.6 is 11.8 Å². The van der Waals surface area contributed by atoms with Crippen molar-refractivity contribution in [3.05, 3.63) is 65.4 Å². The maximum atomic E-state index is 12.5. The minimum atomic E-state index is -0.288. The number of hydrogen-bond donors (Lipinski definition) is 1. The molecule has 0 spiro atoms. The van der Waals surface area contributed by atoms with E-state index >= 15 is 0 Å². The second-order valence-electron chi connectivity index (χ2n) is 8.43. The van der Waals surface area contributed by atoms with E-state index in [1.165, 1.54) is 11.8 Å². The van der Waals surface area contributed by atoms with Crippen LogP contribution in [0.3, 0.4) is 0 Å². The Kier molecular flexibility index (Phi) is 6.48. The molecule has 32 heavy (non-hydrogen) atoms. The number of carbonyl (C=O) groups is 1. The molecule has 3 aromatic rings. The van der Waals surface area contributed by atoms with E-state index in [0.717, 1.165) is 38.8 Å². The number of anilines is 1. The Labute approximate surface area is 192 Å². The van der Waals surface area contributed by atoms with E-state index in [4.69, 9.17) is 19.4 Å². The van der Waals surface area contributed by atoms with E-state index in [9.17, 15) is 4.79 Å². The predicted octanol–water partition coefficient (Wildman–Crippen LogP) is 5.04. The van der Waals surface area contributed by atoms with Crippen LogP contribution in [0.1, 0.15) is 30.7 Å². The van der Waals surface area contributed by atoms with Crippen molar-refractivity contribution in [2.45, 2.75) is 44.4 Å². The molecule has 1 aliphatic rings. The van der Waals surface area contributed by atoms with Crippen LogP contribution in [0, 0.1) is 6.92 Å². The average molecular weight is 450 g/mol. The number of nitrogens with zero attached hydrogens (tertiary/aromatic N) is 2. The van der Waals surface area contributed by atoms with Crippen molar-refractivity contribution < 1.29 is 14.3 Å². The number of carbonyl (C=O) groups excluding carboxylic acids is 1. The highest BCUT2D eigenvalue weighted by atomic mass is 32.2. The summed E-state index contributed by atoms with van der Waals surface area (Å²) in [4.78, 5) is 22.2. The first-order chi connectivity index (χ1) is 15.3. The van der Waals surface area contributed by atoms with Gasteiger partial charge in [-0.05, 0) is 57.2 Å². The standard InChI is InChI=1S/C25H27N3O3S/c1-16-5-9-18(10-6-16)26-22(29)15-32-24-20-14-31-25(2,3)13-21(20)27-23(28-24)17-7-11-19(30-4)12-8-17/h5-12H,13-15H2,1-4H3,(H,26,29). The van der Waals surface area contributed by atoms with E-state index in [-0.39, 0.29) is 17.3 Å². The van der Waals surface area contributed by atoms with Crippen molar-refractivity contribution in [3.63, 3.8) is 0 Å². The molecular formula is C25H27N3O3S. The molecule has 0 saturated heterocycles. The van der Waals surface area contributed by atoms with Gasteiger partial charge in [0.1, 0.15) is 10.8 Å². The minimum Gasteiger partial charge on any atom is -0.497 e. The van der Waals surface area contributed by atoms with Crippen molar-refractivity contribution in [1.29, 1.82) is 0 Å². The summed E-state index contributed by atoms with van der Waals surface area (Å²) < 4.78 is 11.3. The summed E-state index contributed by atoms with van der Waals surface area (Å²) >= 11 is 1.41. The Morgan fingerprint density at radius 3 is 2.53 bits per heavy atom. The lowest BCUT2D eigenvalue weighted by atomic mass is 9.96. The molecule has 7 heteroatoms. The zero-order chi connectivity index (χ0) is 22.7. The second-order valence-corrected chi connectivity index (χ2v) is 9.40. The highest BCUT2D eigenvalue weighted by Gasteiger charge is 2.30. The summed E-state index contributed by atoms with van der Waals surface area (Å²) in [6, 6.07) is 15.4. The number of thioether (sulfide) groups is 1. The molecular weight excluding hydrogens is 422 g/mol. The number of hydrogen-bond acceptors (Lipinski definition) is 6. The molecule has 0 atom stereocenters. The minimum absolute atomic E-state index is 0.0747. The van der Waals surface area contributed by atoms with E-state index in [0.29, 0.717) is 18.9 Å². The van der Waals surface area contributed by atoms with Gasteiger partial charge >= 0.3 is 0 Å².